The smallest absolute Gasteiger partial charge is 0.335 e. The molecule has 3 aromatic rings. The molecule has 0 atom stereocenters. The average Bonchev–Trinajstić information content (AvgIpc) is 2.54. The summed E-state index contributed by atoms with van der Waals surface area (Å²) in [6.45, 7) is 0. The van der Waals surface area contributed by atoms with E-state index in [-0.39, 0.29) is 16.4 Å². The fourth-order valence-corrected chi connectivity index (χ4v) is 2.27. The van der Waals surface area contributed by atoms with Crippen LogP contribution in [-0.4, -0.2) is 11.1 Å². The maximum Gasteiger partial charge on any atom is 0.335 e. The van der Waals surface area contributed by atoms with Gasteiger partial charge in [0, 0.05) is 11.1 Å². The van der Waals surface area contributed by atoms with Crippen LogP contribution in [0.3, 0.4) is 0 Å². The molecule has 3 rings (SSSR count). The molecule has 23 heavy (non-hydrogen) atoms. The average molecular weight is 327 g/mol. The lowest BCUT2D eigenvalue weighted by molar-refractivity contribution is 0.0697. The molecule has 0 unspecified atom stereocenters. The van der Waals surface area contributed by atoms with Crippen LogP contribution in [0.5, 0.6) is 0 Å². The van der Waals surface area contributed by atoms with Gasteiger partial charge in [-0.1, -0.05) is 29.8 Å². The molecule has 0 amide bonds. The molecule has 1 aromatic heterocycles. The molecule has 0 radical (unpaired) electrons. The molecule has 0 aliphatic carbocycles. The van der Waals surface area contributed by atoms with E-state index in [2.05, 4.69) is 0 Å². The number of aromatic carboxylic acids is 1. The zero-order valence-corrected chi connectivity index (χ0v) is 12.6. The zero-order chi connectivity index (χ0) is 16.4. The summed E-state index contributed by atoms with van der Waals surface area (Å²) < 4.78 is 5.62. The Labute approximate surface area is 136 Å². The van der Waals surface area contributed by atoms with E-state index in [1.807, 2.05) is 12.1 Å². The van der Waals surface area contributed by atoms with Gasteiger partial charge in [-0.3, -0.25) is 4.79 Å². The molecule has 0 aliphatic heterocycles. The van der Waals surface area contributed by atoms with E-state index in [0.717, 1.165) is 5.56 Å². The molecule has 2 aromatic carbocycles. The number of carboxylic acid groups (broad SMARTS) is 1. The maximum atomic E-state index is 12.1. The van der Waals surface area contributed by atoms with Gasteiger partial charge in [-0.15, -0.1) is 0 Å². The van der Waals surface area contributed by atoms with Crippen LogP contribution >= 0.6 is 11.6 Å². The summed E-state index contributed by atoms with van der Waals surface area (Å²) in [5.41, 5.74) is 1.02. The van der Waals surface area contributed by atoms with Crippen LogP contribution in [0.15, 0.2) is 57.7 Å². The van der Waals surface area contributed by atoms with E-state index in [0.29, 0.717) is 16.4 Å². The number of fused-ring (bicyclic) bond motifs is 1. The van der Waals surface area contributed by atoms with E-state index < -0.39 is 5.97 Å². The van der Waals surface area contributed by atoms with Crippen LogP contribution in [0.2, 0.25) is 5.02 Å². The van der Waals surface area contributed by atoms with E-state index in [1.54, 1.807) is 24.3 Å². The zero-order valence-electron chi connectivity index (χ0n) is 11.8. The summed E-state index contributed by atoms with van der Waals surface area (Å²) >= 11 is 5.82. The lowest BCUT2D eigenvalue weighted by Crippen LogP contribution is -2.03. The Morgan fingerprint density at radius 3 is 2.48 bits per heavy atom. The van der Waals surface area contributed by atoms with Gasteiger partial charge in [-0.05, 0) is 42.0 Å². The molecule has 0 bridgehead atoms. The summed E-state index contributed by atoms with van der Waals surface area (Å²) in [6, 6.07) is 12.8. The van der Waals surface area contributed by atoms with E-state index in [9.17, 15) is 9.59 Å². The fraction of sp³-hybridized carbons (Fsp3) is 0. The topological polar surface area (TPSA) is 67.5 Å². The molecule has 4 nitrogen and oxygen atoms in total. The summed E-state index contributed by atoms with van der Waals surface area (Å²) in [6.07, 6.45) is 3.47. The highest BCUT2D eigenvalue weighted by molar-refractivity contribution is 6.30. The molecule has 0 saturated heterocycles. The molecule has 1 N–H and O–H groups in total. The molecular weight excluding hydrogens is 316 g/mol. The second kappa shape index (κ2) is 6.10. The summed E-state index contributed by atoms with van der Waals surface area (Å²) in [5, 5.41) is 9.86. The van der Waals surface area contributed by atoms with Gasteiger partial charge in [0.15, 0.2) is 5.43 Å². The minimum absolute atomic E-state index is 0.0502. The highest BCUT2D eigenvalue weighted by Crippen LogP contribution is 2.17. The van der Waals surface area contributed by atoms with Crippen molar-refractivity contribution < 1.29 is 14.3 Å². The van der Waals surface area contributed by atoms with Crippen molar-refractivity contribution in [1.29, 1.82) is 0 Å². The third kappa shape index (κ3) is 3.33. The molecule has 5 heteroatoms. The number of carboxylic acids is 1. The number of rotatable bonds is 3. The van der Waals surface area contributed by atoms with E-state index in [4.69, 9.17) is 21.1 Å². The van der Waals surface area contributed by atoms with Crippen LogP contribution in [0.4, 0.5) is 0 Å². The number of carbonyl (C=O) groups is 1. The Bertz CT molecular complexity index is 968. The number of hydrogen-bond acceptors (Lipinski definition) is 3. The van der Waals surface area contributed by atoms with Crippen LogP contribution in [0.25, 0.3) is 23.1 Å². The highest BCUT2D eigenvalue weighted by Gasteiger charge is 2.08. The largest absolute Gasteiger partial charge is 0.478 e. The van der Waals surface area contributed by atoms with Gasteiger partial charge in [-0.25, -0.2) is 4.79 Å². The Hall–Kier alpha value is -2.85. The minimum atomic E-state index is -1.09. The van der Waals surface area contributed by atoms with Gasteiger partial charge >= 0.3 is 5.97 Å². The first-order chi connectivity index (χ1) is 11.0. The first-order valence-electron chi connectivity index (χ1n) is 6.78. The number of benzene rings is 2. The Morgan fingerprint density at radius 1 is 1.04 bits per heavy atom. The van der Waals surface area contributed by atoms with Crippen LogP contribution in [0, 0.1) is 0 Å². The van der Waals surface area contributed by atoms with E-state index in [1.165, 1.54) is 24.3 Å². The molecule has 0 spiro atoms. The third-order valence-electron chi connectivity index (χ3n) is 3.30. The molecular formula is C18H11ClO4. The Balaban J connectivity index is 1.99. The van der Waals surface area contributed by atoms with Crippen molar-refractivity contribution in [2.75, 3.05) is 0 Å². The van der Waals surface area contributed by atoms with Crippen molar-refractivity contribution in [3.05, 3.63) is 80.7 Å². The van der Waals surface area contributed by atoms with Gasteiger partial charge < -0.3 is 9.52 Å². The highest BCUT2D eigenvalue weighted by atomic mass is 35.5. The third-order valence-corrected chi connectivity index (χ3v) is 3.56. The quantitative estimate of drug-likeness (QED) is 0.778. The minimum Gasteiger partial charge on any atom is -0.478 e. The summed E-state index contributed by atoms with van der Waals surface area (Å²) in [7, 11) is 0. The Morgan fingerprint density at radius 2 is 1.78 bits per heavy atom. The van der Waals surface area contributed by atoms with Gasteiger partial charge in [0.2, 0.25) is 0 Å². The normalized spacial score (nSPS) is 11.2. The van der Waals surface area contributed by atoms with Gasteiger partial charge in [0.1, 0.15) is 11.3 Å². The molecule has 0 fully saturated rings. The van der Waals surface area contributed by atoms with Crippen molar-refractivity contribution in [3.8, 4) is 0 Å². The monoisotopic (exact) mass is 326 g/mol. The van der Waals surface area contributed by atoms with Gasteiger partial charge in [0.25, 0.3) is 0 Å². The maximum absolute atomic E-state index is 12.1. The predicted octanol–water partition coefficient (Wildman–Crippen LogP) is 4.32. The lowest BCUT2D eigenvalue weighted by Gasteiger charge is -2.01. The summed E-state index contributed by atoms with van der Waals surface area (Å²) in [5.74, 6) is -0.696. The van der Waals surface area contributed by atoms with Crippen molar-refractivity contribution in [2.45, 2.75) is 0 Å². The molecule has 0 saturated carbocycles. The standard InChI is InChI=1S/C18H11ClO4/c19-13-5-1-11(2-6-13)3-7-14-10-16(20)15-9-12(18(21)22)4-8-17(15)23-14/h1-10H,(H,21,22). The fourth-order valence-electron chi connectivity index (χ4n) is 2.14. The number of halogens is 1. The van der Waals surface area contributed by atoms with Crippen LogP contribution in [0.1, 0.15) is 21.7 Å². The predicted molar refractivity (Wildman–Crippen MR) is 89.8 cm³/mol. The van der Waals surface area contributed by atoms with Gasteiger partial charge in [0.05, 0.1) is 10.9 Å². The molecule has 0 aliphatic rings. The Kier molecular flexibility index (Phi) is 4.00. The SMILES string of the molecule is O=C(O)c1ccc2oc(C=Cc3ccc(Cl)cc3)cc(=O)c2c1. The first kappa shape index (κ1) is 15.1. The first-order valence-corrected chi connectivity index (χ1v) is 7.15. The second-order valence-electron chi connectivity index (χ2n) is 4.91. The molecule has 1 heterocycles. The van der Waals surface area contributed by atoms with Crippen LogP contribution in [-0.2, 0) is 0 Å². The summed E-state index contributed by atoms with van der Waals surface area (Å²) in [4.78, 5) is 23.1. The number of hydrogen-bond donors (Lipinski definition) is 1. The van der Waals surface area contributed by atoms with Gasteiger partial charge in [-0.2, -0.15) is 0 Å². The second-order valence-corrected chi connectivity index (χ2v) is 5.35. The van der Waals surface area contributed by atoms with Crippen molar-refractivity contribution in [1.82, 2.24) is 0 Å². The van der Waals surface area contributed by atoms with Crippen molar-refractivity contribution in [2.24, 2.45) is 0 Å². The lowest BCUT2D eigenvalue weighted by atomic mass is 10.1. The van der Waals surface area contributed by atoms with Crippen LogP contribution < -0.4 is 5.43 Å². The van der Waals surface area contributed by atoms with Crippen molar-refractivity contribution >= 4 is 40.7 Å². The van der Waals surface area contributed by atoms with E-state index >= 15 is 0 Å². The molecule has 114 valence electrons. The van der Waals surface area contributed by atoms with Crippen molar-refractivity contribution in [3.63, 3.8) is 0 Å².